The second-order valence-corrected chi connectivity index (χ2v) is 8.23. The number of hydrogen-bond acceptors (Lipinski definition) is 3. The Labute approximate surface area is 157 Å². The molecule has 0 saturated carbocycles. The largest absolute Gasteiger partial charge is 0.373 e. The minimum atomic E-state index is 0.271. The van der Waals surface area contributed by atoms with E-state index >= 15 is 0 Å². The van der Waals surface area contributed by atoms with Crippen molar-refractivity contribution in [3.8, 4) is 11.3 Å². The molecule has 0 saturated heterocycles. The second kappa shape index (κ2) is 7.50. The molecule has 0 radical (unpaired) electrons. The van der Waals surface area contributed by atoms with Gasteiger partial charge in [-0.15, -0.1) is 0 Å². The number of aromatic nitrogens is 1. The maximum absolute atomic E-state index is 6.05. The fourth-order valence-electron chi connectivity index (χ4n) is 4.42. The molecule has 0 aliphatic carbocycles. The van der Waals surface area contributed by atoms with Crippen molar-refractivity contribution in [2.45, 2.75) is 52.7 Å². The molecule has 0 unspecified atom stereocenters. The normalized spacial score (nSPS) is 20.5. The van der Waals surface area contributed by atoms with E-state index in [2.05, 4.69) is 56.0 Å². The number of benzene rings is 1. The minimum Gasteiger partial charge on any atom is -0.373 e. The van der Waals surface area contributed by atoms with Crippen molar-refractivity contribution < 1.29 is 4.74 Å². The van der Waals surface area contributed by atoms with Gasteiger partial charge in [0, 0.05) is 43.7 Å². The standard InChI is InChI=1S/C23H30N2O/c1-16(2)14-25-11-9-19-21-15-26-17(3)13-20(21)23(24-22(19)10-12-25)18-7-5-4-6-8-18/h4-8,16-17H,9-15H2,1-3H3/t17-/m0/s1. The lowest BCUT2D eigenvalue weighted by Gasteiger charge is -2.28. The van der Waals surface area contributed by atoms with Crippen LogP contribution < -0.4 is 0 Å². The molecule has 3 heteroatoms. The highest BCUT2D eigenvalue weighted by Crippen LogP contribution is 2.34. The summed E-state index contributed by atoms with van der Waals surface area (Å²) in [4.78, 5) is 7.83. The molecule has 1 atom stereocenters. The average molecular weight is 351 g/mol. The zero-order chi connectivity index (χ0) is 18.1. The summed E-state index contributed by atoms with van der Waals surface area (Å²) in [6.07, 6.45) is 3.39. The fraction of sp³-hybridized carbons (Fsp3) is 0.522. The Morgan fingerprint density at radius 3 is 2.62 bits per heavy atom. The van der Waals surface area contributed by atoms with Crippen LogP contribution in [0.5, 0.6) is 0 Å². The summed E-state index contributed by atoms with van der Waals surface area (Å²) in [6.45, 7) is 11.0. The summed E-state index contributed by atoms with van der Waals surface area (Å²) in [5, 5.41) is 0. The van der Waals surface area contributed by atoms with E-state index in [0.29, 0.717) is 5.92 Å². The number of ether oxygens (including phenoxy) is 1. The first-order valence-electron chi connectivity index (χ1n) is 10.0. The van der Waals surface area contributed by atoms with Gasteiger partial charge >= 0.3 is 0 Å². The molecular formula is C23H30N2O. The molecule has 0 amide bonds. The van der Waals surface area contributed by atoms with Crippen molar-refractivity contribution in [2.75, 3.05) is 19.6 Å². The van der Waals surface area contributed by atoms with E-state index in [1.807, 2.05) is 0 Å². The van der Waals surface area contributed by atoms with Crippen LogP contribution in [0, 0.1) is 5.92 Å². The maximum Gasteiger partial charge on any atom is 0.0742 e. The van der Waals surface area contributed by atoms with Crippen LogP contribution in [0.15, 0.2) is 30.3 Å². The van der Waals surface area contributed by atoms with Gasteiger partial charge in [-0.1, -0.05) is 44.2 Å². The fourth-order valence-corrected chi connectivity index (χ4v) is 4.42. The third-order valence-electron chi connectivity index (χ3n) is 5.63. The predicted octanol–water partition coefficient (Wildman–Crippen LogP) is 4.27. The number of rotatable bonds is 3. The van der Waals surface area contributed by atoms with Crippen LogP contribution >= 0.6 is 0 Å². The van der Waals surface area contributed by atoms with Gasteiger partial charge in [-0.2, -0.15) is 0 Å². The van der Waals surface area contributed by atoms with E-state index in [1.54, 1.807) is 0 Å². The molecule has 1 aromatic carbocycles. The van der Waals surface area contributed by atoms with Crippen molar-refractivity contribution in [1.82, 2.24) is 9.88 Å². The molecular weight excluding hydrogens is 320 g/mol. The average Bonchev–Trinajstić information content (AvgIpc) is 2.83. The first-order valence-corrected chi connectivity index (χ1v) is 10.0. The van der Waals surface area contributed by atoms with E-state index in [-0.39, 0.29) is 6.10 Å². The van der Waals surface area contributed by atoms with E-state index in [0.717, 1.165) is 39.0 Å². The van der Waals surface area contributed by atoms with Crippen LogP contribution in [0.1, 0.15) is 43.2 Å². The van der Waals surface area contributed by atoms with Gasteiger partial charge in [-0.3, -0.25) is 4.98 Å². The van der Waals surface area contributed by atoms with Crippen molar-refractivity contribution in [2.24, 2.45) is 5.92 Å². The second-order valence-electron chi connectivity index (χ2n) is 8.23. The third kappa shape index (κ3) is 3.56. The lowest BCUT2D eigenvalue weighted by Crippen LogP contribution is -2.30. The van der Waals surface area contributed by atoms with Gasteiger partial charge in [0.1, 0.15) is 0 Å². The highest BCUT2D eigenvalue weighted by atomic mass is 16.5. The summed E-state index contributed by atoms with van der Waals surface area (Å²) >= 11 is 0. The van der Waals surface area contributed by atoms with Crippen LogP contribution in [-0.2, 0) is 30.6 Å². The first-order chi connectivity index (χ1) is 12.6. The summed E-state index contributed by atoms with van der Waals surface area (Å²) < 4.78 is 6.05. The Morgan fingerprint density at radius 1 is 1.08 bits per heavy atom. The van der Waals surface area contributed by atoms with Crippen LogP contribution in [0.3, 0.4) is 0 Å². The van der Waals surface area contributed by atoms with E-state index < -0.39 is 0 Å². The first kappa shape index (κ1) is 17.7. The SMILES string of the molecule is CC(C)CN1CCc2nc(-c3ccccc3)c3c(c2CC1)CO[C@@H](C)C3. The van der Waals surface area contributed by atoms with Crippen LogP contribution in [-0.4, -0.2) is 35.6 Å². The highest BCUT2D eigenvalue weighted by molar-refractivity contribution is 5.66. The van der Waals surface area contributed by atoms with Gasteiger partial charge in [0.15, 0.2) is 0 Å². The maximum atomic E-state index is 6.05. The predicted molar refractivity (Wildman–Crippen MR) is 106 cm³/mol. The molecule has 26 heavy (non-hydrogen) atoms. The number of hydrogen-bond donors (Lipinski definition) is 0. The van der Waals surface area contributed by atoms with Gasteiger partial charge in [0.25, 0.3) is 0 Å². The molecule has 2 aromatic rings. The number of nitrogens with zero attached hydrogens (tertiary/aromatic N) is 2. The van der Waals surface area contributed by atoms with E-state index in [9.17, 15) is 0 Å². The molecule has 2 aliphatic heterocycles. The molecule has 0 N–H and O–H groups in total. The number of fused-ring (bicyclic) bond motifs is 3. The van der Waals surface area contributed by atoms with E-state index in [1.165, 1.54) is 40.2 Å². The lowest BCUT2D eigenvalue weighted by atomic mass is 9.89. The van der Waals surface area contributed by atoms with Gasteiger partial charge in [0.05, 0.1) is 18.4 Å². The lowest BCUT2D eigenvalue weighted by molar-refractivity contribution is 0.0404. The molecule has 4 rings (SSSR count). The van der Waals surface area contributed by atoms with Crippen molar-refractivity contribution in [3.63, 3.8) is 0 Å². The molecule has 0 bridgehead atoms. The molecule has 3 nitrogen and oxygen atoms in total. The zero-order valence-corrected chi connectivity index (χ0v) is 16.3. The Hall–Kier alpha value is -1.71. The van der Waals surface area contributed by atoms with Crippen molar-refractivity contribution in [3.05, 3.63) is 52.7 Å². The molecule has 2 aliphatic rings. The zero-order valence-electron chi connectivity index (χ0n) is 16.3. The molecule has 3 heterocycles. The van der Waals surface area contributed by atoms with Crippen molar-refractivity contribution >= 4 is 0 Å². The Balaban J connectivity index is 1.76. The third-order valence-corrected chi connectivity index (χ3v) is 5.63. The quantitative estimate of drug-likeness (QED) is 0.827. The van der Waals surface area contributed by atoms with Crippen LogP contribution in [0.25, 0.3) is 11.3 Å². The smallest absolute Gasteiger partial charge is 0.0742 e. The highest BCUT2D eigenvalue weighted by Gasteiger charge is 2.27. The van der Waals surface area contributed by atoms with E-state index in [4.69, 9.17) is 9.72 Å². The topological polar surface area (TPSA) is 25.4 Å². The molecule has 1 aromatic heterocycles. The Morgan fingerprint density at radius 2 is 1.85 bits per heavy atom. The van der Waals surface area contributed by atoms with Crippen molar-refractivity contribution in [1.29, 1.82) is 0 Å². The molecule has 138 valence electrons. The monoisotopic (exact) mass is 350 g/mol. The van der Waals surface area contributed by atoms with Crippen LogP contribution in [0.4, 0.5) is 0 Å². The number of pyridine rings is 1. The van der Waals surface area contributed by atoms with Gasteiger partial charge in [0.2, 0.25) is 0 Å². The Bertz CT molecular complexity index is 770. The van der Waals surface area contributed by atoms with Gasteiger partial charge in [-0.25, -0.2) is 0 Å². The summed E-state index contributed by atoms with van der Waals surface area (Å²) in [6, 6.07) is 10.7. The van der Waals surface area contributed by atoms with Gasteiger partial charge in [-0.05, 0) is 36.0 Å². The summed E-state index contributed by atoms with van der Waals surface area (Å²) in [5.74, 6) is 0.710. The minimum absolute atomic E-state index is 0.271. The summed E-state index contributed by atoms with van der Waals surface area (Å²) in [7, 11) is 0. The Kier molecular flexibility index (Phi) is 5.10. The summed E-state index contributed by atoms with van der Waals surface area (Å²) in [5.41, 5.74) is 8.05. The van der Waals surface area contributed by atoms with Crippen LogP contribution in [0.2, 0.25) is 0 Å². The molecule has 0 spiro atoms. The van der Waals surface area contributed by atoms with Gasteiger partial charge < -0.3 is 9.64 Å². The molecule has 0 fully saturated rings.